The van der Waals surface area contributed by atoms with E-state index in [0.29, 0.717) is 104 Å². The molecule has 0 saturated heterocycles. The van der Waals surface area contributed by atoms with E-state index in [9.17, 15) is 31.2 Å². The van der Waals surface area contributed by atoms with Gasteiger partial charge in [0.05, 0.1) is 73.2 Å². The molecule has 0 fully saturated rings. The smallest absolute Gasteiger partial charge is 0.264 e. The van der Waals surface area contributed by atoms with E-state index in [-0.39, 0.29) is 81.0 Å². The first-order valence-electron chi connectivity index (χ1n) is 20.2. The normalized spacial score (nSPS) is 12.7. The zero-order valence-corrected chi connectivity index (χ0v) is 35.5. The molecule has 63 heavy (non-hydrogen) atoms. The highest BCUT2D eigenvalue weighted by Gasteiger charge is 2.23. The molecule has 8 aromatic rings. The van der Waals surface area contributed by atoms with Crippen LogP contribution in [0.5, 0.6) is 0 Å². The predicted octanol–water partition coefficient (Wildman–Crippen LogP) is 2.79. The van der Waals surface area contributed by atoms with Crippen molar-refractivity contribution in [2.75, 3.05) is 77.5 Å². The van der Waals surface area contributed by atoms with Crippen molar-refractivity contribution in [2.24, 2.45) is 0 Å². The lowest BCUT2D eigenvalue weighted by molar-refractivity contribution is 0.0485. The third-order valence-corrected chi connectivity index (χ3v) is 12.2. The maximum Gasteiger partial charge on any atom is 0.264 e. The van der Waals surface area contributed by atoms with Gasteiger partial charge in [0, 0.05) is 70.7 Å². The van der Waals surface area contributed by atoms with Gasteiger partial charge in [0.25, 0.3) is 37.3 Å². The topological polar surface area (TPSA) is 256 Å². The number of nitrogens with zero attached hydrogens (tertiary/aromatic N) is 4. The van der Waals surface area contributed by atoms with Gasteiger partial charge in [0.1, 0.15) is 11.3 Å². The van der Waals surface area contributed by atoms with Gasteiger partial charge < -0.3 is 29.6 Å². The molecular weight excluding hydrogens is 861 g/mol. The molecule has 0 aliphatic carbocycles. The molecule has 21 heteroatoms. The minimum atomic E-state index is -4.02. The monoisotopic (exact) mass is 904 g/mol. The number of nitrogens with one attached hydrogen (secondary N) is 2. The van der Waals surface area contributed by atoms with Crippen molar-refractivity contribution in [1.29, 1.82) is 0 Å². The number of imidazole rings is 2. The fourth-order valence-electron chi connectivity index (χ4n) is 7.74. The van der Waals surface area contributed by atoms with Crippen molar-refractivity contribution in [3.05, 3.63) is 92.5 Å². The van der Waals surface area contributed by atoms with E-state index in [1.54, 1.807) is 34.7 Å². The van der Waals surface area contributed by atoms with Gasteiger partial charge in [0.2, 0.25) is 0 Å². The summed E-state index contributed by atoms with van der Waals surface area (Å²) in [4.78, 5) is 51.3. The number of hydrogen-bond donors (Lipinski definition) is 4. The summed E-state index contributed by atoms with van der Waals surface area (Å²) in [6, 6.07) is 17.8. The van der Waals surface area contributed by atoms with E-state index >= 15 is 0 Å². The summed E-state index contributed by atoms with van der Waals surface area (Å²) < 4.78 is 85.3. The Morgan fingerprint density at radius 1 is 0.587 bits per heavy atom. The first kappa shape index (κ1) is 44.1. The molecule has 0 saturated carbocycles. The van der Waals surface area contributed by atoms with E-state index in [1.165, 1.54) is 4.40 Å². The van der Waals surface area contributed by atoms with Gasteiger partial charge in [0.15, 0.2) is 0 Å². The lowest BCUT2D eigenvalue weighted by Crippen LogP contribution is -2.27. The van der Waals surface area contributed by atoms with E-state index in [4.69, 9.17) is 38.0 Å². The van der Waals surface area contributed by atoms with Crippen molar-refractivity contribution in [1.82, 2.24) is 29.4 Å². The van der Waals surface area contributed by atoms with Crippen LogP contribution < -0.4 is 21.8 Å². The molecule has 1 amide bonds. The van der Waals surface area contributed by atoms with E-state index in [0.717, 1.165) is 5.56 Å². The maximum atomic E-state index is 14.2. The molecule has 4 aromatic heterocycles. The van der Waals surface area contributed by atoms with E-state index in [2.05, 4.69) is 10.6 Å². The van der Waals surface area contributed by atoms with Crippen LogP contribution in [0.1, 0.15) is 28.8 Å². The molecular formula is C42H44N6O13S2. The van der Waals surface area contributed by atoms with Crippen LogP contribution in [-0.4, -0.2) is 128 Å². The zero-order valence-electron chi connectivity index (χ0n) is 33.9. The molecule has 0 atom stereocenters. The summed E-state index contributed by atoms with van der Waals surface area (Å²) in [6.45, 7) is 3.44. The summed E-state index contributed by atoms with van der Waals surface area (Å²) in [5, 5.41) is 9.61. The predicted molar refractivity (Wildman–Crippen MR) is 236 cm³/mol. The van der Waals surface area contributed by atoms with Crippen LogP contribution in [0.25, 0.3) is 65.7 Å². The van der Waals surface area contributed by atoms with Crippen molar-refractivity contribution in [2.45, 2.75) is 19.4 Å². The van der Waals surface area contributed by atoms with Crippen LogP contribution in [0.2, 0.25) is 0 Å². The van der Waals surface area contributed by atoms with Gasteiger partial charge in [-0.25, -0.2) is 9.97 Å². The van der Waals surface area contributed by atoms with E-state index in [1.807, 2.05) is 30.3 Å². The second kappa shape index (κ2) is 18.7. The Bertz CT molecular complexity index is 3320. The second-order valence-corrected chi connectivity index (χ2v) is 18.1. The highest BCUT2D eigenvalue weighted by Crippen LogP contribution is 2.36. The summed E-state index contributed by atoms with van der Waals surface area (Å²) in [6.07, 6.45) is 0.374. The molecule has 0 radical (unpaired) electrons. The summed E-state index contributed by atoms with van der Waals surface area (Å²) in [7, 11) is -8.01. The Morgan fingerprint density at radius 2 is 1.06 bits per heavy atom. The maximum absolute atomic E-state index is 14.2. The molecule has 332 valence electrons. The number of fused-ring (bicyclic) bond motifs is 8. The van der Waals surface area contributed by atoms with Crippen LogP contribution in [-0.2, 0) is 45.7 Å². The zero-order chi connectivity index (χ0) is 44.3. The van der Waals surface area contributed by atoms with Gasteiger partial charge in [-0.1, -0.05) is 6.07 Å². The number of hydrogen-bond acceptors (Lipinski definition) is 14. The van der Waals surface area contributed by atoms with Gasteiger partial charge in [-0.3, -0.25) is 32.3 Å². The number of pyridine rings is 2. The quantitative estimate of drug-likeness (QED) is 0.0409. The number of aromatic nitrogens is 4. The molecule has 4 heterocycles. The Labute approximate surface area is 359 Å². The number of amides is 1. The Kier molecular flexibility index (Phi) is 13.1. The van der Waals surface area contributed by atoms with Crippen molar-refractivity contribution >= 4 is 91.8 Å². The molecule has 4 N–H and O–H groups in total. The minimum absolute atomic E-state index is 0.162. The molecule has 19 nitrogen and oxygen atoms in total. The SMILES string of the molecule is O=C(NCCOCCOCCCS(=O)(=O)O)c1ccc2c(c1)nc1c3ccc4c(=O)n5c6ccc(CNCCOCCOCCCS(=O)(=O)O)cc6nc5c5ccc(c(=O)n21)c3c45. The van der Waals surface area contributed by atoms with Crippen molar-refractivity contribution in [3.8, 4) is 0 Å². The summed E-state index contributed by atoms with van der Waals surface area (Å²) in [5.74, 6) is -1.07. The lowest BCUT2D eigenvalue weighted by Gasteiger charge is -2.12. The van der Waals surface area contributed by atoms with Crippen LogP contribution in [0.15, 0.2) is 70.3 Å². The lowest BCUT2D eigenvalue weighted by atomic mass is 9.96. The Morgan fingerprint density at radius 3 is 1.60 bits per heavy atom. The standard InChI is InChI=1S/C42H44N6O13S2/c49-40(44-12-16-61-20-18-59-14-2-22-63(55,56)57)27-4-10-35-33(24-27)46-39-29-6-8-30-36-28(5-7-31(37(29)36)42(51)48(35)39)38-45-32-23-26(3-9-34(32)47(38)41(30)50)25-43-11-15-60-19-17-58-13-1-21-62(52,53)54/h3-10,23-24,43H,1-2,11-22,25H2,(H,44,49)(H,52,53,54)(H,55,56,57). The highest BCUT2D eigenvalue weighted by atomic mass is 32.2. The van der Waals surface area contributed by atoms with Gasteiger partial charge in [-0.15, -0.1) is 0 Å². The fraction of sp³-hybridized carbons (Fsp3) is 0.357. The fourth-order valence-corrected chi connectivity index (χ4v) is 8.71. The number of carbonyl (C=O) groups excluding carboxylic acids is 1. The minimum Gasteiger partial charge on any atom is -0.379 e. The number of ether oxygens (including phenoxy) is 4. The summed E-state index contributed by atoms with van der Waals surface area (Å²) in [5.41, 5.74) is 3.86. The number of carbonyl (C=O) groups is 1. The summed E-state index contributed by atoms with van der Waals surface area (Å²) >= 11 is 0. The second-order valence-electron chi connectivity index (χ2n) is 14.9. The largest absolute Gasteiger partial charge is 0.379 e. The third-order valence-electron chi connectivity index (χ3n) is 10.6. The molecule has 0 spiro atoms. The molecule has 4 aromatic carbocycles. The Balaban J connectivity index is 0.957. The van der Waals surface area contributed by atoms with Crippen LogP contribution >= 0.6 is 0 Å². The average Bonchev–Trinajstić information content (AvgIpc) is 3.83. The first-order valence-corrected chi connectivity index (χ1v) is 23.4. The molecule has 0 aliphatic heterocycles. The number of benzene rings is 4. The Hall–Kier alpha value is -5.49. The molecule has 0 bridgehead atoms. The van der Waals surface area contributed by atoms with Crippen molar-refractivity contribution < 1.29 is 49.7 Å². The van der Waals surface area contributed by atoms with Crippen LogP contribution in [0, 0.1) is 0 Å². The molecule has 0 unspecified atom stereocenters. The van der Waals surface area contributed by atoms with Gasteiger partial charge in [-0.05, 0) is 73.0 Å². The van der Waals surface area contributed by atoms with Crippen LogP contribution in [0.3, 0.4) is 0 Å². The molecule has 8 rings (SSSR count). The van der Waals surface area contributed by atoms with Crippen molar-refractivity contribution in [3.63, 3.8) is 0 Å². The number of rotatable bonds is 23. The highest BCUT2D eigenvalue weighted by molar-refractivity contribution is 7.86. The van der Waals surface area contributed by atoms with Gasteiger partial charge in [-0.2, -0.15) is 16.8 Å². The van der Waals surface area contributed by atoms with E-state index < -0.39 is 20.2 Å². The first-order chi connectivity index (χ1) is 30.3. The van der Waals surface area contributed by atoms with Crippen LogP contribution in [0.4, 0.5) is 0 Å². The molecule has 0 aliphatic rings. The van der Waals surface area contributed by atoms with Gasteiger partial charge >= 0.3 is 0 Å². The third kappa shape index (κ3) is 9.71. The average molecular weight is 905 g/mol.